The molecular weight excluding hydrogens is 468 g/mol. The van der Waals surface area contributed by atoms with Crippen LogP contribution in [0.3, 0.4) is 0 Å². The molecule has 2 aromatic carbocycles. The van der Waals surface area contributed by atoms with Gasteiger partial charge in [0.15, 0.2) is 10.3 Å². The average molecular weight is 493 g/mol. The van der Waals surface area contributed by atoms with Gasteiger partial charge in [-0.15, -0.1) is 11.3 Å². The molecule has 1 fully saturated rings. The molecule has 34 heavy (non-hydrogen) atoms. The van der Waals surface area contributed by atoms with Crippen molar-refractivity contribution in [2.75, 3.05) is 17.7 Å². The molecule has 1 aliphatic rings. The lowest BCUT2D eigenvalue weighted by Crippen LogP contribution is -2.29. The first kappa shape index (κ1) is 22.8. The molecule has 0 radical (unpaired) electrons. The summed E-state index contributed by atoms with van der Waals surface area (Å²) in [6.07, 6.45) is 1.89. The van der Waals surface area contributed by atoms with Crippen molar-refractivity contribution in [2.45, 2.75) is 37.6 Å². The summed E-state index contributed by atoms with van der Waals surface area (Å²) in [6, 6.07) is 15.4. The van der Waals surface area contributed by atoms with Crippen LogP contribution in [0, 0.1) is 6.92 Å². The van der Waals surface area contributed by atoms with Crippen LogP contribution in [-0.2, 0) is 16.1 Å². The molecule has 174 valence electrons. The molecule has 5 rings (SSSR count). The Kier molecular flexibility index (Phi) is 6.75. The number of rotatable bonds is 7. The Balaban J connectivity index is 1.31. The van der Waals surface area contributed by atoms with Gasteiger partial charge in [-0.05, 0) is 31.9 Å². The van der Waals surface area contributed by atoms with Gasteiger partial charge in [0.25, 0.3) is 5.56 Å². The first-order chi connectivity index (χ1) is 16.6. The summed E-state index contributed by atoms with van der Waals surface area (Å²) in [7, 11) is 0. The quantitative estimate of drug-likeness (QED) is 0.296. The van der Waals surface area contributed by atoms with Crippen LogP contribution < -0.4 is 10.9 Å². The van der Waals surface area contributed by atoms with Crippen molar-refractivity contribution in [2.24, 2.45) is 0 Å². The van der Waals surface area contributed by atoms with Gasteiger partial charge in [0.05, 0.1) is 35.0 Å². The number of benzene rings is 2. The van der Waals surface area contributed by atoms with Gasteiger partial charge in [0, 0.05) is 17.6 Å². The molecule has 0 aliphatic carbocycles. The molecule has 7 nitrogen and oxygen atoms in total. The molecule has 0 spiro atoms. The SMILES string of the molecule is Cc1ccc(-c2csc(NC(=O)CSc3nc4ccccc4c(=O)n3C[C@H]3CCCO3)n2)cc1. The number of thiazole rings is 1. The van der Waals surface area contributed by atoms with Crippen LogP contribution in [0.5, 0.6) is 0 Å². The number of hydrogen-bond acceptors (Lipinski definition) is 7. The maximum Gasteiger partial charge on any atom is 0.262 e. The zero-order valence-electron chi connectivity index (χ0n) is 18.7. The molecular formula is C25H24N4O3S2. The van der Waals surface area contributed by atoms with Gasteiger partial charge in [-0.1, -0.05) is 53.7 Å². The Morgan fingerprint density at radius 1 is 1.21 bits per heavy atom. The molecule has 2 aromatic heterocycles. The van der Waals surface area contributed by atoms with Gasteiger partial charge in [0.1, 0.15) is 0 Å². The number of fused-ring (bicyclic) bond motifs is 1. The summed E-state index contributed by atoms with van der Waals surface area (Å²) in [5.74, 6) is -0.0728. The van der Waals surface area contributed by atoms with Gasteiger partial charge in [-0.25, -0.2) is 9.97 Å². The fourth-order valence-electron chi connectivity index (χ4n) is 3.88. The minimum absolute atomic E-state index is 0.00986. The van der Waals surface area contributed by atoms with E-state index < -0.39 is 0 Å². The van der Waals surface area contributed by atoms with E-state index in [4.69, 9.17) is 4.74 Å². The van der Waals surface area contributed by atoms with Gasteiger partial charge in [-0.2, -0.15) is 0 Å². The lowest BCUT2D eigenvalue weighted by Gasteiger charge is -2.16. The van der Waals surface area contributed by atoms with E-state index in [2.05, 4.69) is 15.3 Å². The van der Waals surface area contributed by atoms with Crippen molar-refractivity contribution in [3.8, 4) is 11.3 Å². The van der Waals surface area contributed by atoms with E-state index in [1.165, 1.54) is 28.7 Å². The van der Waals surface area contributed by atoms with Crippen molar-refractivity contribution < 1.29 is 9.53 Å². The maximum absolute atomic E-state index is 13.2. The number of anilines is 1. The predicted octanol–water partition coefficient (Wildman–Crippen LogP) is 4.74. The zero-order valence-corrected chi connectivity index (χ0v) is 20.3. The van der Waals surface area contributed by atoms with Crippen molar-refractivity contribution in [3.63, 3.8) is 0 Å². The highest BCUT2D eigenvalue weighted by Gasteiger charge is 2.21. The molecule has 0 unspecified atom stereocenters. The second-order valence-electron chi connectivity index (χ2n) is 8.20. The number of aromatic nitrogens is 3. The van der Waals surface area contributed by atoms with Crippen LogP contribution in [-0.4, -0.2) is 38.9 Å². The molecule has 1 atom stereocenters. The van der Waals surface area contributed by atoms with Crippen LogP contribution in [0.25, 0.3) is 22.2 Å². The number of carbonyl (C=O) groups excluding carboxylic acids is 1. The second-order valence-corrected chi connectivity index (χ2v) is 10.0. The van der Waals surface area contributed by atoms with Crippen molar-refractivity contribution in [1.82, 2.24) is 14.5 Å². The fourth-order valence-corrected chi connectivity index (χ4v) is 5.43. The molecule has 4 aromatic rings. The van der Waals surface area contributed by atoms with Gasteiger partial charge in [0.2, 0.25) is 5.91 Å². The number of nitrogens with zero attached hydrogens (tertiary/aromatic N) is 3. The summed E-state index contributed by atoms with van der Waals surface area (Å²) < 4.78 is 7.39. The first-order valence-electron chi connectivity index (χ1n) is 11.1. The number of para-hydroxylation sites is 1. The lowest BCUT2D eigenvalue weighted by atomic mass is 10.1. The number of amides is 1. The Morgan fingerprint density at radius 3 is 2.82 bits per heavy atom. The fraction of sp³-hybridized carbons (Fsp3) is 0.280. The topological polar surface area (TPSA) is 86.1 Å². The monoisotopic (exact) mass is 492 g/mol. The Hall–Kier alpha value is -3.01. The summed E-state index contributed by atoms with van der Waals surface area (Å²) in [5, 5.41) is 6.43. The van der Waals surface area contributed by atoms with E-state index in [1.807, 2.05) is 54.8 Å². The van der Waals surface area contributed by atoms with Crippen LogP contribution >= 0.6 is 23.1 Å². The molecule has 1 N–H and O–H groups in total. The molecule has 9 heteroatoms. The number of nitrogens with one attached hydrogen (secondary N) is 1. The molecule has 3 heterocycles. The highest BCUT2D eigenvalue weighted by Crippen LogP contribution is 2.26. The molecule has 0 bridgehead atoms. The minimum atomic E-state index is -0.194. The number of thioether (sulfide) groups is 1. The van der Waals surface area contributed by atoms with E-state index in [0.29, 0.717) is 34.3 Å². The average Bonchev–Trinajstić information content (AvgIpc) is 3.53. The molecule has 1 aliphatic heterocycles. The second kappa shape index (κ2) is 10.1. The third-order valence-electron chi connectivity index (χ3n) is 5.67. The Labute approximate surface area is 205 Å². The first-order valence-corrected chi connectivity index (χ1v) is 13.0. The Bertz CT molecular complexity index is 1380. The number of ether oxygens (including phenoxy) is 1. The van der Waals surface area contributed by atoms with E-state index >= 15 is 0 Å². The van der Waals surface area contributed by atoms with Gasteiger partial charge >= 0.3 is 0 Å². The molecule has 0 saturated carbocycles. The third-order valence-corrected chi connectivity index (χ3v) is 7.40. The van der Waals surface area contributed by atoms with Gasteiger partial charge in [-0.3, -0.25) is 14.2 Å². The Morgan fingerprint density at radius 2 is 2.03 bits per heavy atom. The van der Waals surface area contributed by atoms with E-state index in [-0.39, 0.29) is 23.3 Å². The number of hydrogen-bond donors (Lipinski definition) is 1. The van der Waals surface area contributed by atoms with Crippen molar-refractivity contribution >= 4 is 45.0 Å². The highest BCUT2D eigenvalue weighted by molar-refractivity contribution is 7.99. The maximum atomic E-state index is 13.2. The van der Waals surface area contributed by atoms with Crippen molar-refractivity contribution in [3.05, 3.63) is 69.8 Å². The standard InChI is InChI=1S/C25H24N4O3S2/c1-16-8-10-17(11-9-16)21-14-33-24(26-21)28-22(30)15-34-25-27-20-7-3-2-6-19(20)23(31)29(25)13-18-5-4-12-32-18/h2-3,6-11,14,18H,4-5,12-13,15H2,1H3,(H,26,28,30)/t18-/m1/s1. The van der Waals surface area contributed by atoms with Crippen LogP contribution in [0.1, 0.15) is 18.4 Å². The third kappa shape index (κ3) is 5.06. The zero-order chi connectivity index (χ0) is 23.5. The van der Waals surface area contributed by atoms with Crippen LogP contribution in [0.2, 0.25) is 0 Å². The smallest absolute Gasteiger partial charge is 0.262 e. The summed E-state index contributed by atoms with van der Waals surface area (Å²) in [5.41, 5.74) is 3.54. The van der Waals surface area contributed by atoms with E-state index in [9.17, 15) is 9.59 Å². The molecule has 1 saturated heterocycles. The number of carbonyl (C=O) groups is 1. The largest absolute Gasteiger partial charge is 0.376 e. The van der Waals surface area contributed by atoms with Crippen LogP contribution in [0.15, 0.2) is 63.9 Å². The van der Waals surface area contributed by atoms with Crippen LogP contribution in [0.4, 0.5) is 5.13 Å². The van der Waals surface area contributed by atoms with E-state index in [1.54, 1.807) is 10.6 Å². The van der Waals surface area contributed by atoms with E-state index in [0.717, 1.165) is 24.1 Å². The molecule has 1 amide bonds. The van der Waals surface area contributed by atoms with Gasteiger partial charge < -0.3 is 10.1 Å². The predicted molar refractivity (Wildman–Crippen MR) is 137 cm³/mol. The van der Waals surface area contributed by atoms with Crippen molar-refractivity contribution in [1.29, 1.82) is 0 Å². The summed E-state index contributed by atoms with van der Waals surface area (Å²) in [6.45, 7) is 3.19. The minimum Gasteiger partial charge on any atom is -0.376 e. The number of aryl methyl sites for hydroxylation is 1. The summed E-state index contributed by atoms with van der Waals surface area (Å²) in [4.78, 5) is 35.1. The summed E-state index contributed by atoms with van der Waals surface area (Å²) >= 11 is 2.64. The normalized spacial score (nSPS) is 15.6. The lowest BCUT2D eigenvalue weighted by molar-refractivity contribution is -0.113. The highest BCUT2D eigenvalue weighted by atomic mass is 32.2.